The number of benzene rings is 1. The van der Waals surface area contributed by atoms with Crippen LogP contribution in [0.1, 0.15) is 25.3 Å². The molecule has 144 valence electrons. The fraction of sp³-hybridized carbons (Fsp3) is 0.611. The van der Waals surface area contributed by atoms with Gasteiger partial charge in [-0.1, -0.05) is 30.3 Å². The lowest BCUT2D eigenvalue weighted by Gasteiger charge is -2.35. The maximum atomic E-state index is 12.6. The highest BCUT2D eigenvalue weighted by atomic mass is 32.2. The Balaban J connectivity index is 1.45. The van der Waals surface area contributed by atoms with E-state index in [9.17, 15) is 13.2 Å². The van der Waals surface area contributed by atoms with Gasteiger partial charge in [-0.3, -0.25) is 10.2 Å². The van der Waals surface area contributed by atoms with E-state index in [1.165, 1.54) is 4.31 Å². The quantitative estimate of drug-likeness (QED) is 0.744. The number of hydrogen-bond acceptors (Lipinski definition) is 5. The SMILES string of the molecule is CC1CC(C(=O)N2CCN(S(=O)(=O)CCCc3ccccc3)CC2)NN1. The lowest BCUT2D eigenvalue weighted by Crippen LogP contribution is -2.55. The van der Waals surface area contributed by atoms with E-state index in [-0.39, 0.29) is 23.7 Å². The van der Waals surface area contributed by atoms with Gasteiger partial charge in [0.25, 0.3) is 0 Å². The molecule has 0 spiro atoms. The summed E-state index contributed by atoms with van der Waals surface area (Å²) in [6.07, 6.45) is 2.13. The standard InChI is InChI=1S/C18H28N4O3S/c1-15-14-17(20-19-15)18(23)21-9-11-22(12-10-21)26(24,25)13-5-8-16-6-3-2-4-7-16/h2-4,6-7,15,17,19-20H,5,8-14H2,1H3. The molecule has 3 rings (SSSR count). The first-order valence-corrected chi connectivity index (χ1v) is 10.9. The molecule has 0 saturated carbocycles. The van der Waals surface area contributed by atoms with Crippen LogP contribution in [0.5, 0.6) is 0 Å². The van der Waals surface area contributed by atoms with Crippen molar-refractivity contribution in [1.82, 2.24) is 20.1 Å². The molecule has 2 saturated heterocycles. The maximum absolute atomic E-state index is 12.6. The van der Waals surface area contributed by atoms with E-state index in [2.05, 4.69) is 10.9 Å². The summed E-state index contributed by atoms with van der Waals surface area (Å²) in [6.45, 7) is 3.72. The summed E-state index contributed by atoms with van der Waals surface area (Å²) in [5, 5.41) is 0. The Labute approximate surface area is 155 Å². The van der Waals surface area contributed by atoms with Crippen molar-refractivity contribution in [2.45, 2.75) is 38.3 Å². The van der Waals surface area contributed by atoms with Crippen LogP contribution in [-0.2, 0) is 21.2 Å². The van der Waals surface area contributed by atoms with Gasteiger partial charge in [-0.2, -0.15) is 4.31 Å². The second-order valence-corrected chi connectivity index (χ2v) is 9.20. The molecule has 1 aromatic carbocycles. The average molecular weight is 381 g/mol. The van der Waals surface area contributed by atoms with E-state index >= 15 is 0 Å². The first kappa shape index (κ1) is 19.3. The third kappa shape index (κ3) is 4.82. The minimum Gasteiger partial charge on any atom is -0.339 e. The molecule has 1 amide bonds. The Morgan fingerprint density at radius 3 is 2.42 bits per heavy atom. The zero-order valence-electron chi connectivity index (χ0n) is 15.2. The Hall–Kier alpha value is -1.48. The number of carbonyl (C=O) groups excluding carboxylic acids is 1. The topological polar surface area (TPSA) is 81.8 Å². The predicted octanol–water partition coefficient (Wildman–Crippen LogP) is 0.348. The summed E-state index contributed by atoms with van der Waals surface area (Å²) in [7, 11) is -3.26. The van der Waals surface area contributed by atoms with Crippen molar-refractivity contribution < 1.29 is 13.2 Å². The summed E-state index contributed by atoms with van der Waals surface area (Å²) in [6, 6.07) is 9.99. The predicted molar refractivity (Wildman–Crippen MR) is 101 cm³/mol. The smallest absolute Gasteiger partial charge is 0.241 e. The van der Waals surface area contributed by atoms with E-state index < -0.39 is 10.0 Å². The van der Waals surface area contributed by atoms with Crippen molar-refractivity contribution >= 4 is 15.9 Å². The molecule has 0 bridgehead atoms. The summed E-state index contributed by atoms with van der Waals surface area (Å²) in [5.74, 6) is 0.213. The van der Waals surface area contributed by atoms with E-state index in [1.54, 1.807) is 4.90 Å². The van der Waals surface area contributed by atoms with Crippen LogP contribution in [0.4, 0.5) is 0 Å². The minimum atomic E-state index is -3.26. The van der Waals surface area contributed by atoms with Gasteiger partial charge in [0.15, 0.2) is 0 Å². The van der Waals surface area contributed by atoms with Crippen LogP contribution in [0.15, 0.2) is 30.3 Å². The average Bonchev–Trinajstić information content (AvgIpc) is 3.08. The van der Waals surface area contributed by atoms with Gasteiger partial charge in [0.05, 0.1) is 5.75 Å². The van der Waals surface area contributed by atoms with Crippen molar-refractivity contribution in [1.29, 1.82) is 0 Å². The third-order valence-corrected chi connectivity index (χ3v) is 7.00. The van der Waals surface area contributed by atoms with E-state index in [0.29, 0.717) is 32.6 Å². The van der Waals surface area contributed by atoms with Crippen LogP contribution in [0.25, 0.3) is 0 Å². The largest absolute Gasteiger partial charge is 0.339 e. The summed E-state index contributed by atoms with van der Waals surface area (Å²) in [4.78, 5) is 14.3. The van der Waals surface area contributed by atoms with Crippen molar-refractivity contribution in [2.75, 3.05) is 31.9 Å². The van der Waals surface area contributed by atoms with Gasteiger partial charge in [-0.25, -0.2) is 13.8 Å². The molecule has 0 aromatic heterocycles. The first-order chi connectivity index (χ1) is 12.5. The highest BCUT2D eigenvalue weighted by Crippen LogP contribution is 2.14. The number of rotatable bonds is 6. The number of hydrazine groups is 1. The van der Waals surface area contributed by atoms with Gasteiger partial charge >= 0.3 is 0 Å². The number of amides is 1. The normalized spacial score (nSPS) is 24.7. The summed E-state index contributed by atoms with van der Waals surface area (Å²) < 4.78 is 26.6. The maximum Gasteiger partial charge on any atom is 0.241 e. The van der Waals surface area contributed by atoms with Crippen molar-refractivity contribution in [2.24, 2.45) is 0 Å². The molecule has 2 aliphatic heterocycles. The molecular weight excluding hydrogens is 352 g/mol. The third-order valence-electron chi connectivity index (χ3n) is 5.05. The molecule has 0 radical (unpaired) electrons. The van der Waals surface area contributed by atoms with Gasteiger partial charge in [0.1, 0.15) is 6.04 Å². The Bertz CT molecular complexity index is 702. The number of carbonyl (C=O) groups is 1. The van der Waals surface area contributed by atoms with Gasteiger partial charge in [0.2, 0.25) is 15.9 Å². The fourth-order valence-corrected chi connectivity index (χ4v) is 5.00. The van der Waals surface area contributed by atoms with Crippen LogP contribution in [-0.4, -0.2) is 67.5 Å². The molecule has 2 fully saturated rings. The number of nitrogens with one attached hydrogen (secondary N) is 2. The van der Waals surface area contributed by atoms with Crippen LogP contribution in [0, 0.1) is 0 Å². The molecule has 26 heavy (non-hydrogen) atoms. The van der Waals surface area contributed by atoms with Crippen molar-refractivity contribution in [3.05, 3.63) is 35.9 Å². The highest BCUT2D eigenvalue weighted by molar-refractivity contribution is 7.89. The number of piperazine rings is 1. The Kier molecular flexibility index (Phi) is 6.29. The van der Waals surface area contributed by atoms with Crippen LogP contribution in [0.2, 0.25) is 0 Å². The summed E-state index contributed by atoms with van der Waals surface area (Å²) in [5.41, 5.74) is 7.23. The van der Waals surface area contributed by atoms with E-state index in [1.807, 2.05) is 37.3 Å². The first-order valence-electron chi connectivity index (χ1n) is 9.27. The van der Waals surface area contributed by atoms with Gasteiger partial charge in [0, 0.05) is 32.2 Å². The second kappa shape index (κ2) is 8.47. The Morgan fingerprint density at radius 1 is 1.12 bits per heavy atom. The lowest BCUT2D eigenvalue weighted by molar-refractivity contribution is -0.134. The molecule has 2 atom stereocenters. The molecule has 1 aromatic rings. The highest BCUT2D eigenvalue weighted by Gasteiger charge is 2.34. The van der Waals surface area contributed by atoms with Crippen molar-refractivity contribution in [3.8, 4) is 0 Å². The second-order valence-electron chi connectivity index (χ2n) is 7.11. The molecule has 7 nitrogen and oxygen atoms in total. The van der Waals surface area contributed by atoms with Crippen LogP contribution < -0.4 is 10.9 Å². The Morgan fingerprint density at radius 2 is 1.81 bits per heavy atom. The zero-order chi connectivity index (χ0) is 18.6. The zero-order valence-corrected chi connectivity index (χ0v) is 16.0. The minimum absolute atomic E-state index is 0.0583. The lowest BCUT2D eigenvalue weighted by atomic mass is 10.1. The van der Waals surface area contributed by atoms with Crippen molar-refractivity contribution in [3.63, 3.8) is 0 Å². The number of hydrogen-bond donors (Lipinski definition) is 2. The summed E-state index contributed by atoms with van der Waals surface area (Å²) >= 11 is 0. The monoisotopic (exact) mass is 380 g/mol. The number of nitrogens with zero attached hydrogens (tertiary/aromatic N) is 2. The van der Waals surface area contributed by atoms with Gasteiger partial charge in [-0.05, 0) is 31.7 Å². The number of sulfonamides is 1. The van der Waals surface area contributed by atoms with E-state index in [4.69, 9.17) is 0 Å². The fourth-order valence-electron chi connectivity index (χ4n) is 3.52. The molecule has 2 aliphatic rings. The van der Waals surface area contributed by atoms with Crippen LogP contribution in [0.3, 0.4) is 0 Å². The van der Waals surface area contributed by atoms with Gasteiger partial charge < -0.3 is 4.90 Å². The molecular formula is C18H28N4O3S. The van der Waals surface area contributed by atoms with E-state index in [0.717, 1.165) is 18.4 Å². The molecule has 8 heteroatoms. The molecule has 2 N–H and O–H groups in total. The van der Waals surface area contributed by atoms with Crippen LogP contribution >= 0.6 is 0 Å². The molecule has 2 unspecified atom stereocenters. The molecule has 2 heterocycles. The number of aryl methyl sites for hydroxylation is 1. The molecule has 0 aliphatic carbocycles. The van der Waals surface area contributed by atoms with Gasteiger partial charge in [-0.15, -0.1) is 0 Å².